The zero-order valence-corrected chi connectivity index (χ0v) is 11.4. The van der Waals surface area contributed by atoms with Crippen LogP contribution in [0.3, 0.4) is 0 Å². The van der Waals surface area contributed by atoms with Crippen LogP contribution in [-0.4, -0.2) is 12.0 Å². The molecule has 3 aromatic carbocycles. The summed E-state index contributed by atoms with van der Waals surface area (Å²) in [5, 5.41) is 6.14. The first kappa shape index (κ1) is 13.1. The van der Waals surface area contributed by atoms with Gasteiger partial charge in [0.25, 0.3) is 0 Å². The zero-order valence-electron chi connectivity index (χ0n) is 11.4. The van der Waals surface area contributed by atoms with Crippen LogP contribution in [0, 0.1) is 0 Å². The molecule has 0 radical (unpaired) electrons. The summed E-state index contributed by atoms with van der Waals surface area (Å²) in [6, 6.07) is 23.1. The highest BCUT2D eigenvalue weighted by Crippen LogP contribution is 2.15. The van der Waals surface area contributed by atoms with Crippen LogP contribution in [0.4, 0.5) is 5.69 Å². The summed E-state index contributed by atoms with van der Waals surface area (Å²) in [7, 11) is 0. The molecule has 3 nitrogen and oxygen atoms in total. The number of Topliss-reactive ketones (excluding diaryl/α,β-unsaturated/α-hetero) is 1. The number of hydrazone groups is 1. The maximum Gasteiger partial charge on any atom is 0.205 e. The second-order valence-corrected chi connectivity index (χ2v) is 4.66. The van der Waals surface area contributed by atoms with E-state index in [4.69, 9.17) is 0 Å². The number of nitrogens with zero attached hydrogens (tertiary/aromatic N) is 1. The number of anilines is 1. The third-order valence-corrected chi connectivity index (χ3v) is 3.18. The van der Waals surface area contributed by atoms with Crippen molar-refractivity contribution in [1.82, 2.24) is 0 Å². The van der Waals surface area contributed by atoms with Gasteiger partial charge in [-0.15, -0.1) is 0 Å². The number of hydrogen-bond acceptors (Lipinski definition) is 3. The third-order valence-electron chi connectivity index (χ3n) is 3.18. The molecule has 0 saturated heterocycles. The van der Waals surface area contributed by atoms with E-state index in [0.717, 1.165) is 16.5 Å². The van der Waals surface area contributed by atoms with E-state index in [1.165, 1.54) is 6.21 Å². The Bertz CT molecular complexity index is 794. The maximum absolute atomic E-state index is 12.1. The first-order valence-corrected chi connectivity index (χ1v) is 6.70. The van der Waals surface area contributed by atoms with Crippen LogP contribution in [0.1, 0.15) is 10.4 Å². The summed E-state index contributed by atoms with van der Waals surface area (Å²) in [5.41, 5.74) is 4.31. The summed E-state index contributed by atoms with van der Waals surface area (Å²) >= 11 is 0. The largest absolute Gasteiger partial charge is 0.287 e. The molecule has 0 amide bonds. The molecule has 0 spiro atoms. The van der Waals surface area contributed by atoms with E-state index in [-0.39, 0.29) is 5.78 Å². The van der Waals surface area contributed by atoms with Crippen LogP contribution in [-0.2, 0) is 0 Å². The number of ketones is 1. The smallest absolute Gasteiger partial charge is 0.205 e. The monoisotopic (exact) mass is 274 g/mol. The molecule has 1 N–H and O–H groups in total. The van der Waals surface area contributed by atoms with Crippen molar-refractivity contribution in [3.05, 3.63) is 78.4 Å². The van der Waals surface area contributed by atoms with E-state index in [0.29, 0.717) is 5.56 Å². The van der Waals surface area contributed by atoms with Crippen molar-refractivity contribution < 1.29 is 4.79 Å². The lowest BCUT2D eigenvalue weighted by molar-refractivity contribution is 0.107. The quantitative estimate of drug-likeness (QED) is 0.441. The summed E-state index contributed by atoms with van der Waals surface area (Å²) in [6.45, 7) is 0. The molecule has 0 atom stereocenters. The van der Waals surface area contributed by atoms with Crippen molar-refractivity contribution in [3.63, 3.8) is 0 Å². The molecule has 21 heavy (non-hydrogen) atoms. The van der Waals surface area contributed by atoms with Crippen LogP contribution < -0.4 is 5.43 Å². The van der Waals surface area contributed by atoms with Crippen LogP contribution in [0.2, 0.25) is 0 Å². The summed E-state index contributed by atoms with van der Waals surface area (Å²) < 4.78 is 0. The van der Waals surface area contributed by atoms with E-state index in [1.54, 1.807) is 0 Å². The predicted octanol–water partition coefficient (Wildman–Crippen LogP) is 4.12. The number of nitrogens with one attached hydrogen (secondary N) is 1. The fourth-order valence-electron chi connectivity index (χ4n) is 2.10. The molecule has 0 unspecified atom stereocenters. The zero-order chi connectivity index (χ0) is 14.5. The fraction of sp³-hybridized carbons (Fsp3) is 0. The Kier molecular flexibility index (Phi) is 3.74. The highest BCUT2D eigenvalue weighted by atomic mass is 16.1. The van der Waals surface area contributed by atoms with E-state index in [9.17, 15) is 4.79 Å². The van der Waals surface area contributed by atoms with E-state index in [1.807, 2.05) is 72.8 Å². The van der Waals surface area contributed by atoms with Gasteiger partial charge in [-0.3, -0.25) is 10.2 Å². The summed E-state index contributed by atoms with van der Waals surface area (Å²) in [5.74, 6) is -0.121. The Hall–Kier alpha value is -2.94. The lowest BCUT2D eigenvalue weighted by atomic mass is 10.1. The topological polar surface area (TPSA) is 41.5 Å². The van der Waals surface area contributed by atoms with Gasteiger partial charge in [-0.2, -0.15) is 5.10 Å². The van der Waals surface area contributed by atoms with Gasteiger partial charge < -0.3 is 0 Å². The van der Waals surface area contributed by atoms with E-state index >= 15 is 0 Å². The van der Waals surface area contributed by atoms with Gasteiger partial charge in [-0.25, -0.2) is 0 Å². The molecular weight excluding hydrogens is 260 g/mol. The van der Waals surface area contributed by atoms with E-state index < -0.39 is 0 Å². The van der Waals surface area contributed by atoms with Gasteiger partial charge >= 0.3 is 0 Å². The molecule has 0 aliphatic heterocycles. The van der Waals surface area contributed by atoms with Crippen LogP contribution in [0.5, 0.6) is 0 Å². The first-order valence-electron chi connectivity index (χ1n) is 6.70. The minimum atomic E-state index is -0.121. The Morgan fingerprint density at radius 1 is 0.857 bits per heavy atom. The molecule has 0 bridgehead atoms. The number of benzene rings is 3. The number of fused-ring (bicyclic) bond motifs is 1. The van der Waals surface area contributed by atoms with Crippen LogP contribution in [0.15, 0.2) is 77.9 Å². The number of hydrogen-bond donors (Lipinski definition) is 1. The normalized spacial score (nSPS) is 10.9. The minimum Gasteiger partial charge on any atom is -0.287 e. The molecule has 102 valence electrons. The molecule has 0 aliphatic rings. The van der Waals surface area contributed by atoms with Gasteiger partial charge in [0, 0.05) is 5.56 Å². The van der Waals surface area contributed by atoms with E-state index in [2.05, 4.69) is 10.5 Å². The van der Waals surface area contributed by atoms with Crippen molar-refractivity contribution >= 4 is 28.5 Å². The number of para-hydroxylation sites is 1. The Balaban J connectivity index is 1.74. The predicted molar refractivity (Wildman–Crippen MR) is 86.8 cm³/mol. The lowest BCUT2D eigenvalue weighted by Gasteiger charge is -2.01. The standard InChI is InChI=1S/C18H14N2O/c21-18(13-19-20-17-8-2-1-3-9-17)16-11-10-14-6-4-5-7-15(14)12-16/h1-13,20H/b19-13+. The van der Waals surface area contributed by atoms with Gasteiger partial charge in [0.1, 0.15) is 0 Å². The highest BCUT2D eigenvalue weighted by Gasteiger charge is 2.03. The molecule has 3 heteroatoms. The SMILES string of the molecule is O=C(/C=N/Nc1ccccc1)c1ccc2ccccc2c1. The molecule has 0 aromatic heterocycles. The van der Waals surface area contributed by atoms with Crippen LogP contribution in [0.25, 0.3) is 10.8 Å². The Morgan fingerprint density at radius 3 is 2.38 bits per heavy atom. The number of rotatable bonds is 4. The van der Waals surface area contributed by atoms with Gasteiger partial charge in [0.2, 0.25) is 5.78 Å². The highest BCUT2D eigenvalue weighted by molar-refractivity contribution is 6.35. The molecule has 0 saturated carbocycles. The fourth-order valence-corrected chi connectivity index (χ4v) is 2.10. The van der Waals surface area contributed by atoms with Crippen molar-refractivity contribution in [1.29, 1.82) is 0 Å². The second-order valence-electron chi connectivity index (χ2n) is 4.66. The Labute approximate surface area is 122 Å². The third kappa shape index (κ3) is 3.15. The maximum atomic E-state index is 12.1. The molecule has 3 rings (SSSR count). The van der Waals surface area contributed by atoms with Crippen molar-refractivity contribution in [3.8, 4) is 0 Å². The van der Waals surface area contributed by atoms with Gasteiger partial charge in [0.05, 0.1) is 11.9 Å². The summed E-state index contributed by atoms with van der Waals surface area (Å²) in [6.07, 6.45) is 1.30. The average molecular weight is 274 g/mol. The van der Waals surface area contributed by atoms with Crippen molar-refractivity contribution in [2.45, 2.75) is 0 Å². The first-order chi connectivity index (χ1) is 10.3. The van der Waals surface area contributed by atoms with Crippen molar-refractivity contribution in [2.24, 2.45) is 5.10 Å². The molecule has 3 aromatic rings. The van der Waals surface area contributed by atoms with Gasteiger partial charge in [-0.1, -0.05) is 54.6 Å². The lowest BCUT2D eigenvalue weighted by Crippen LogP contribution is -2.02. The Morgan fingerprint density at radius 2 is 1.57 bits per heavy atom. The molecule has 0 fully saturated rings. The molecule has 0 heterocycles. The average Bonchev–Trinajstić information content (AvgIpc) is 2.55. The number of carbonyl (C=O) groups is 1. The minimum absolute atomic E-state index is 0.121. The summed E-state index contributed by atoms with van der Waals surface area (Å²) in [4.78, 5) is 12.1. The van der Waals surface area contributed by atoms with Crippen LogP contribution >= 0.6 is 0 Å². The molecular formula is C18H14N2O. The molecule has 0 aliphatic carbocycles. The van der Waals surface area contributed by atoms with Gasteiger partial charge in [0.15, 0.2) is 0 Å². The van der Waals surface area contributed by atoms with Gasteiger partial charge in [-0.05, 0) is 29.0 Å². The number of carbonyl (C=O) groups excluding carboxylic acids is 1. The van der Waals surface area contributed by atoms with Crippen molar-refractivity contribution in [2.75, 3.05) is 5.43 Å². The second kappa shape index (κ2) is 6.01.